The van der Waals surface area contributed by atoms with Gasteiger partial charge in [0, 0.05) is 24.7 Å². The molecular formula is C9H14BClN2O3. The van der Waals surface area contributed by atoms with Crippen molar-refractivity contribution in [2.75, 3.05) is 31.2 Å². The zero-order valence-corrected chi connectivity index (χ0v) is 9.56. The van der Waals surface area contributed by atoms with E-state index < -0.39 is 7.12 Å². The lowest BCUT2D eigenvalue weighted by atomic mass is 9.80. The van der Waals surface area contributed by atoms with Crippen LogP contribution in [0.25, 0.3) is 0 Å². The molecule has 0 atom stereocenters. The van der Waals surface area contributed by atoms with Crippen LogP contribution < -0.4 is 10.4 Å². The summed E-state index contributed by atoms with van der Waals surface area (Å²) in [5.74, 6) is 0.635. The number of hydrogen-bond acceptors (Lipinski definition) is 5. The van der Waals surface area contributed by atoms with E-state index in [-0.39, 0.29) is 12.4 Å². The van der Waals surface area contributed by atoms with Crippen molar-refractivity contribution in [2.45, 2.75) is 0 Å². The van der Waals surface area contributed by atoms with Gasteiger partial charge in [-0.15, -0.1) is 12.4 Å². The van der Waals surface area contributed by atoms with E-state index in [0.29, 0.717) is 24.5 Å². The third-order valence-electron chi connectivity index (χ3n) is 2.41. The van der Waals surface area contributed by atoms with Gasteiger partial charge in [0.05, 0.1) is 13.2 Å². The van der Waals surface area contributed by atoms with E-state index in [1.807, 2.05) is 4.90 Å². The molecule has 2 heterocycles. The number of nitrogens with zero attached hydrogens (tertiary/aromatic N) is 2. The van der Waals surface area contributed by atoms with Crippen LogP contribution in [0.5, 0.6) is 0 Å². The molecule has 16 heavy (non-hydrogen) atoms. The molecular weight excluding hydrogens is 230 g/mol. The Morgan fingerprint density at radius 2 is 2.00 bits per heavy atom. The van der Waals surface area contributed by atoms with E-state index in [2.05, 4.69) is 4.98 Å². The summed E-state index contributed by atoms with van der Waals surface area (Å²) in [6, 6.07) is 3.36. The maximum Gasteiger partial charge on any atom is 0.492 e. The number of anilines is 1. The highest BCUT2D eigenvalue weighted by atomic mass is 35.5. The zero-order chi connectivity index (χ0) is 10.7. The van der Waals surface area contributed by atoms with Crippen LogP contribution in [0.1, 0.15) is 0 Å². The second kappa shape index (κ2) is 6.05. The van der Waals surface area contributed by atoms with Crippen LogP contribution in [0.3, 0.4) is 0 Å². The molecule has 0 saturated carbocycles. The summed E-state index contributed by atoms with van der Waals surface area (Å²) >= 11 is 0. The van der Waals surface area contributed by atoms with Crippen LogP contribution in [0.15, 0.2) is 18.3 Å². The summed E-state index contributed by atoms with van der Waals surface area (Å²) < 4.78 is 5.23. The lowest BCUT2D eigenvalue weighted by molar-refractivity contribution is 0.122. The van der Waals surface area contributed by atoms with Gasteiger partial charge < -0.3 is 19.7 Å². The fraction of sp³-hybridized carbons (Fsp3) is 0.444. The van der Waals surface area contributed by atoms with E-state index in [1.165, 1.54) is 0 Å². The Bertz CT molecular complexity index is 334. The molecule has 7 heteroatoms. The molecule has 0 radical (unpaired) electrons. The van der Waals surface area contributed by atoms with Gasteiger partial charge in [-0.25, -0.2) is 4.98 Å². The number of halogens is 1. The predicted molar refractivity (Wildman–Crippen MR) is 64.3 cm³/mol. The van der Waals surface area contributed by atoms with Gasteiger partial charge in [0.1, 0.15) is 5.82 Å². The molecule has 0 aromatic carbocycles. The number of morpholine rings is 1. The summed E-state index contributed by atoms with van der Waals surface area (Å²) in [4.78, 5) is 6.17. The average molecular weight is 244 g/mol. The Labute approximate surface area is 101 Å². The molecule has 0 bridgehead atoms. The molecule has 2 rings (SSSR count). The number of aromatic nitrogens is 1. The van der Waals surface area contributed by atoms with E-state index in [9.17, 15) is 10.0 Å². The highest BCUT2D eigenvalue weighted by Crippen LogP contribution is 2.09. The SMILES string of the molecule is Cl.OB(O)c1cccnc1N1CCOCC1. The monoisotopic (exact) mass is 244 g/mol. The topological polar surface area (TPSA) is 65.8 Å². The molecule has 1 aliphatic rings. The normalized spacial score (nSPS) is 15.5. The van der Waals surface area contributed by atoms with Crippen LogP contribution in [-0.4, -0.2) is 48.5 Å². The standard InChI is InChI=1S/C9H13BN2O3.ClH/c13-10(14)8-2-1-3-11-9(8)12-4-6-15-7-5-12;/h1-3,13-14H,4-7H2;1H. The minimum absolute atomic E-state index is 0. The van der Waals surface area contributed by atoms with Gasteiger partial charge in [0.15, 0.2) is 0 Å². The number of rotatable bonds is 2. The van der Waals surface area contributed by atoms with Crippen LogP contribution in [0.2, 0.25) is 0 Å². The van der Waals surface area contributed by atoms with Crippen molar-refractivity contribution in [1.29, 1.82) is 0 Å². The number of ether oxygens (including phenoxy) is 1. The predicted octanol–water partition coefficient (Wildman–Crippen LogP) is -0.980. The van der Waals surface area contributed by atoms with Crippen molar-refractivity contribution in [1.82, 2.24) is 4.98 Å². The summed E-state index contributed by atoms with van der Waals surface area (Å²) in [5.41, 5.74) is 0.444. The highest BCUT2D eigenvalue weighted by molar-refractivity contribution is 6.60. The largest absolute Gasteiger partial charge is 0.492 e. The molecule has 0 amide bonds. The first-order valence-corrected chi connectivity index (χ1v) is 4.93. The molecule has 88 valence electrons. The third-order valence-corrected chi connectivity index (χ3v) is 2.41. The van der Waals surface area contributed by atoms with E-state index in [4.69, 9.17) is 4.74 Å². The summed E-state index contributed by atoms with van der Waals surface area (Å²) in [5, 5.41) is 18.4. The first-order chi connectivity index (χ1) is 7.29. The maximum atomic E-state index is 9.19. The second-order valence-electron chi connectivity index (χ2n) is 3.39. The molecule has 1 saturated heterocycles. The Morgan fingerprint density at radius 1 is 1.31 bits per heavy atom. The fourth-order valence-corrected chi connectivity index (χ4v) is 1.65. The van der Waals surface area contributed by atoms with Crippen molar-refractivity contribution in [3.8, 4) is 0 Å². The number of pyridine rings is 1. The molecule has 1 aliphatic heterocycles. The molecule has 1 aromatic heterocycles. The van der Waals surface area contributed by atoms with Gasteiger partial charge in [0.2, 0.25) is 0 Å². The Balaban J connectivity index is 0.00000128. The highest BCUT2D eigenvalue weighted by Gasteiger charge is 2.21. The van der Waals surface area contributed by atoms with Crippen molar-refractivity contribution in [3.05, 3.63) is 18.3 Å². The molecule has 0 spiro atoms. The van der Waals surface area contributed by atoms with E-state index in [1.54, 1.807) is 18.3 Å². The minimum Gasteiger partial charge on any atom is -0.423 e. The molecule has 1 fully saturated rings. The molecule has 0 aliphatic carbocycles. The van der Waals surface area contributed by atoms with E-state index in [0.717, 1.165) is 13.1 Å². The maximum absolute atomic E-state index is 9.19. The minimum atomic E-state index is -1.48. The third kappa shape index (κ3) is 2.86. The summed E-state index contributed by atoms with van der Waals surface area (Å²) in [7, 11) is -1.48. The van der Waals surface area contributed by atoms with Gasteiger partial charge in [-0.3, -0.25) is 0 Å². The van der Waals surface area contributed by atoms with Crippen molar-refractivity contribution in [2.24, 2.45) is 0 Å². The van der Waals surface area contributed by atoms with Gasteiger partial charge in [-0.05, 0) is 6.07 Å². The number of hydrogen-bond donors (Lipinski definition) is 2. The van der Waals surface area contributed by atoms with Crippen molar-refractivity contribution < 1.29 is 14.8 Å². The van der Waals surface area contributed by atoms with Gasteiger partial charge in [-0.2, -0.15) is 0 Å². The lowest BCUT2D eigenvalue weighted by Gasteiger charge is -2.29. The van der Waals surface area contributed by atoms with Crippen LogP contribution in [0, 0.1) is 0 Å². The van der Waals surface area contributed by atoms with Crippen molar-refractivity contribution >= 4 is 30.8 Å². The quantitative estimate of drug-likeness (QED) is 0.655. The summed E-state index contributed by atoms with van der Waals surface area (Å²) in [6.07, 6.45) is 1.65. The van der Waals surface area contributed by atoms with Gasteiger partial charge >= 0.3 is 7.12 Å². The zero-order valence-electron chi connectivity index (χ0n) is 8.74. The summed E-state index contributed by atoms with van der Waals surface area (Å²) in [6.45, 7) is 2.77. The first kappa shape index (κ1) is 13.3. The van der Waals surface area contributed by atoms with Crippen LogP contribution in [-0.2, 0) is 4.74 Å². The van der Waals surface area contributed by atoms with Crippen LogP contribution in [0.4, 0.5) is 5.82 Å². The Morgan fingerprint density at radius 3 is 2.62 bits per heavy atom. The van der Waals surface area contributed by atoms with Gasteiger partial charge in [0.25, 0.3) is 0 Å². The van der Waals surface area contributed by atoms with Crippen molar-refractivity contribution in [3.63, 3.8) is 0 Å². The second-order valence-corrected chi connectivity index (χ2v) is 3.39. The smallest absolute Gasteiger partial charge is 0.423 e. The molecule has 0 unspecified atom stereocenters. The molecule has 5 nitrogen and oxygen atoms in total. The van der Waals surface area contributed by atoms with E-state index >= 15 is 0 Å². The Hall–Kier alpha value is -0.815. The fourth-order valence-electron chi connectivity index (χ4n) is 1.65. The van der Waals surface area contributed by atoms with Gasteiger partial charge in [-0.1, -0.05) is 6.07 Å². The first-order valence-electron chi connectivity index (χ1n) is 4.93. The average Bonchev–Trinajstić information content (AvgIpc) is 2.30. The lowest BCUT2D eigenvalue weighted by Crippen LogP contribution is -2.43. The van der Waals surface area contributed by atoms with Crippen LogP contribution >= 0.6 is 12.4 Å². The Kier molecular flexibility index (Phi) is 5.01. The molecule has 1 aromatic rings. The molecule has 2 N–H and O–H groups in total.